The standard InChI is InChI=1S/C5H6F3N2/c1-10-4(2-3-9-10)5(6,7)8/h3-4,9H,1H3. The number of hydrazine groups is 1. The molecule has 0 aromatic heterocycles. The Hall–Kier alpha value is -0.710. The van der Waals surface area contributed by atoms with Crippen LogP contribution in [0.4, 0.5) is 13.2 Å². The fourth-order valence-corrected chi connectivity index (χ4v) is 0.718. The summed E-state index contributed by atoms with van der Waals surface area (Å²) in [6, 6.07) is -1.60. The summed E-state index contributed by atoms with van der Waals surface area (Å²) in [5.41, 5.74) is 2.35. The van der Waals surface area contributed by atoms with Gasteiger partial charge < -0.3 is 5.43 Å². The first-order valence-corrected chi connectivity index (χ1v) is 2.65. The van der Waals surface area contributed by atoms with E-state index in [2.05, 4.69) is 11.5 Å². The number of halogens is 3. The Kier molecular flexibility index (Phi) is 1.60. The van der Waals surface area contributed by atoms with Crippen molar-refractivity contribution in [1.82, 2.24) is 10.4 Å². The van der Waals surface area contributed by atoms with Gasteiger partial charge in [-0.1, -0.05) is 0 Å². The van der Waals surface area contributed by atoms with Crippen LogP contribution in [0.25, 0.3) is 0 Å². The topological polar surface area (TPSA) is 15.3 Å². The van der Waals surface area contributed by atoms with Gasteiger partial charge in [-0.15, -0.1) is 0 Å². The average Bonchev–Trinajstić information content (AvgIpc) is 2.11. The number of nitrogens with one attached hydrogen (secondary N) is 1. The number of hydrogen-bond acceptors (Lipinski definition) is 2. The Morgan fingerprint density at radius 1 is 1.60 bits per heavy atom. The summed E-state index contributed by atoms with van der Waals surface area (Å²) in [6.07, 6.45) is -0.965. The fourth-order valence-electron chi connectivity index (χ4n) is 0.718. The van der Waals surface area contributed by atoms with Gasteiger partial charge in [-0.2, -0.15) is 13.2 Å². The Labute approximate surface area is 56.3 Å². The molecule has 0 saturated carbocycles. The van der Waals surface area contributed by atoms with Crippen molar-refractivity contribution in [2.45, 2.75) is 12.2 Å². The first kappa shape index (κ1) is 7.40. The predicted molar refractivity (Wildman–Crippen MR) is 28.6 cm³/mol. The Morgan fingerprint density at radius 2 is 2.20 bits per heavy atom. The van der Waals surface area contributed by atoms with Gasteiger partial charge in [0.1, 0.15) is 0 Å². The molecule has 0 aromatic rings. The van der Waals surface area contributed by atoms with Crippen molar-refractivity contribution in [1.29, 1.82) is 0 Å². The van der Waals surface area contributed by atoms with Crippen molar-refractivity contribution in [2.75, 3.05) is 7.05 Å². The summed E-state index contributed by atoms with van der Waals surface area (Å²) >= 11 is 0. The molecule has 1 heterocycles. The van der Waals surface area contributed by atoms with Crippen LogP contribution in [0.15, 0.2) is 6.20 Å². The second kappa shape index (κ2) is 2.16. The van der Waals surface area contributed by atoms with Crippen LogP contribution in [-0.4, -0.2) is 24.3 Å². The van der Waals surface area contributed by atoms with Crippen LogP contribution in [0, 0.1) is 6.08 Å². The van der Waals surface area contributed by atoms with Crippen LogP contribution in [-0.2, 0) is 0 Å². The minimum atomic E-state index is -4.23. The van der Waals surface area contributed by atoms with E-state index >= 15 is 0 Å². The van der Waals surface area contributed by atoms with E-state index in [9.17, 15) is 13.2 Å². The molecule has 1 unspecified atom stereocenters. The molecular formula is C5H6F3N2. The Bertz CT molecular complexity index is 151. The van der Waals surface area contributed by atoms with Gasteiger partial charge >= 0.3 is 6.18 Å². The molecule has 0 fully saturated rings. The van der Waals surface area contributed by atoms with Crippen molar-refractivity contribution in [2.24, 2.45) is 0 Å². The summed E-state index contributed by atoms with van der Waals surface area (Å²) in [5.74, 6) is 0. The lowest BCUT2D eigenvalue weighted by molar-refractivity contribution is -0.169. The molecule has 1 radical (unpaired) electrons. The van der Waals surface area contributed by atoms with Gasteiger partial charge in [-0.25, -0.2) is 5.01 Å². The number of likely N-dealkylation sites (N-methyl/N-ethyl adjacent to an activating group) is 1. The molecule has 1 rings (SSSR count). The van der Waals surface area contributed by atoms with Gasteiger partial charge in [0.2, 0.25) is 0 Å². The molecule has 2 nitrogen and oxygen atoms in total. The molecule has 57 valence electrons. The highest BCUT2D eigenvalue weighted by molar-refractivity contribution is 4.94. The van der Waals surface area contributed by atoms with Crippen LogP contribution >= 0.6 is 0 Å². The quantitative estimate of drug-likeness (QED) is 0.547. The molecule has 0 aromatic carbocycles. The highest BCUT2D eigenvalue weighted by Gasteiger charge is 2.42. The van der Waals surface area contributed by atoms with Crippen LogP contribution in [0.2, 0.25) is 0 Å². The van der Waals surface area contributed by atoms with E-state index in [-0.39, 0.29) is 0 Å². The molecular weight excluding hydrogens is 145 g/mol. The molecule has 1 aliphatic heterocycles. The van der Waals surface area contributed by atoms with Gasteiger partial charge in [-0.3, -0.25) is 0 Å². The summed E-state index contributed by atoms with van der Waals surface area (Å²) < 4.78 is 35.5. The third-order valence-corrected chi connectivity index (χ3v) is 1.21. The molecule has 0 spiro atoms. The van der Waals surface area contributed by atoms with Gasteiger partial charge in [0.25, 0.3) is 0 Å². The molecule has 1 aliphatic rings. The number of hydrogen-bond donors (Lipinski definition) is 1. The second-order valence-electron chi connectivity index (χ2n) is 2.00. The Morgan fingerprint density at radius 3 is 2.40 bits per heavy atom. The normalized spacial score (nSPS) is 27.0. The van der Waals surface area contributed by atoms with Gasteiger partial charge in [0.05, 0.1) is 0 Å². The minimum absolute atomic E-state index is 0.944. The zero-order valence-electron chi connectivity index (χ0n) is 5.24. The molecule has 0 bridgehead atoms. The Balaban J connectivity index is 2.64. The van der Waals surface area contributed by atoms with Crippen molar-refractivity contribution in [3.63, 3.8) is 0 Å². The van der Waals surface area contributed by atoms with Crippen molar-refractivity contribution < 1.29 is 13.2 Å². The maximum Gasteiger partial charge on any atom is 0.409 e. The van der Waals surface area contributed by atoms with Gasteiger partial charge in [0, 0.05) is 19.3 Å². The average molecular weight is 151 g/mol. The van der Waals surface area contributed by atoms with E-state index in [1.165, 1.54) is 7.05 Å². The minimum Gasteiger partial charge on any atom is -0.325 e. The smallest absolute Gasteiger partial charge is 0.325 e. The fraction of sp³-hybridized carbons (Fsp3) is 0.600. The molecule has 10 heavy (non-hydrogen) atoms. The zero-order chi connectivity index (χ0) is 7.78. The highest BCUT2D eigenvalue weighted by Crippen LogP contribution is 2.25. The first-order chi connectivity index (χ1) is 4.52. The molecule has 5 heteroatoms. The van der Waals surface area contributed by atoms with E-state index in [0.29, 0.717) is 0 Å². The van der Waals surface area contributed by atoms with E-state index in [1.807, 2.05) is 0 Å². The first-order valence-electron chi connectivity index (χ1n) is 2.65. The predicted octanol–water partition coefficient (Wildman–Crippen LogP) is 0.684. The zero-order valence-corrected chi connectivity index (χ0v) is 5.24. The molecule has 1 atom stereocenters. The third-order valence-electron chi connectivity index (χ3n) is 1.21. The molecule has 0 saturated heterocycles. The SMILES string of the molecule is CN1NC=[C]C1C(F)(F)F. The van der Waals surface area contributed by atoms with E-state index in [0.717, 1.165) is 11.2 Å². The maximum absolute atomic E-state index is 11.8. The summed E-state index contributed by atoms with van der Waals surface area (Å²) in [4.78, 5) is 0. The van der Waals surface area contributed by atoms with Crippen molar-refractivity contribution >= 4 is 0 Å². The molecule has 0 amide bonds. The summed E-state index contributed by atoms with van der Waals surface area (Å²) in [7, 11) is 1.31. The van der Waals surface area contributed by atoms with Crippen LogP contribution in [0.5, 0.6) is 0 Å². The number of rotatable bonds is 0. The third kappa shape index (κ3) is 1.23. The van der Waals surface area contributed by atoms with Crippen molar-refractivity contribution in [3.8, 4) is 0 Å². The van der Waals surface area contributed by atoms with E-state index < -0.39 is 12.2 Å². The van der Waals surface area contributed by atoms with Crippen LogP contribution in [0.3, 0.4) is 0 Å². The van der Waals surface area contributed by atoms with Crippen LogP contribution in [0.1, 0.15) is 0 Å². The van der Waals surface area contributed by atoms with E-state index in [1.54, 1.807) is 0 Å². The highest BCUT2D eigenvalue weighted by atomic mass is 19.4. The second-order valence-corrected chi connectivity index (χ2v) is 2.00. The number of nitrogens with zero attached hydrogens (tertiary/aromatic N) is 1. The molecule has 0 aliphatic carbocycles. The monoisotopic (exact) mass is 151 g/mol. The van der Waals surface area contributed by atoms with Crippen LogP contribution < -0.4 is 5.43 Å². The number of alkyl halides is 3. The lowest BCUT2D eigenvalue weighted by Gasteiger charge is -2.20. The lowest BCUT2D eigenvalue weighted by Crippen LogP contribution is -2.43. The van der Waals surface area contributed by atoms with E-state index in [4.69, 9.17) is 0 Å². The van der Waals surface area contributed by atoms with Gasteiger partial charge in [0.15, 0.2) is 6.04 Å². The lowest BCUT2D eigenvalue weighted by atomic mass is 10.3. The largest absolute Gasteiger partial charge is 0.409 e. The molecule has 1 N–H and O–H groups in total. The maximum atomic E-state index is 11.8. The summed E-state index contributed by atoms with van der Waals surface area (Å²) in [5, 5.41) is 0.944. The van der Waals surface area contributed by atoms with Crippen molar-refractivity contribution in [3.05, 3.63) is 12.3 Å². The summed E-state index contributed by atoms with van der Waals surface area (Å²) in [6.45, 7) is 0. The van der Waals surface area contributed by atoms with Gasteiger partial charge in [-0.05, 0) is 0 Å².